The van der Waals surface area contributed by atoms with Crippen LogP contribution in [0.25, 0.3) is 0 Å². The lowest BCUT2D eigenvalue weighted by Crippen LogP contribution is -2.52. The number of ether oxygens (including phenoxy) is 3. The summed E-state index contributed by atoms with van der Waals surface area (Å²) in [6.45, 7) is 18.1. The number of anilines is 1. The molecule has 4 atom stereocenters. The maximum atomic E-state index is 15.0. The number of nitrogens with one attached hydrogen (secondary N) is 1. The van der Waals surface area contributed by atoms with E-state index in [-0.39, 0.29) is 28.4 Å². The van der Waals surface area contributed by atoms with Crippen molar-refractivity contribution in [3.05, 3.63) is 90.0 Å². The van der Waals surface area contributed by atoms with E-state index >= 15 is 4.79 Å². The molecule has 0 saturated heterocycles. The van der Waals surface area contributed by atoms with E-state index in [2.05, 4.69) is 102 Å². The SMILES string of the molecule is COc1ccc(C[C@](C#C[Si](C)(C)C(C)(C)C)(Nc2ccc(OC)cc2)C(=O)O[C@@H]2C[C@H](C)CC[C@H]2C(C)(C)c2ccccc2)cc1. The van der Waals surface area contributed by atoms with E-state index in [1.54, 1.807) is 14.2 Å². The molecular formula is C41H55NO4Si. The summed E-state index contributed by atoms with van der Waals surface area (Å²) in [6, 6.07) is 26.2. The first-order chi connectivity index (χ1) is 22.1. The van der Waals surface area contributed by atoms with E-state index in [0.29, 0.717) is 12.3 Å². The molecule has 0 amide bonds. The highest BCUT2D eigenvalue weighted by atomic mass is 28.3. The average Bonchev–Trinajstić information content (AvgIpc) is 3.04. The van der Waals surface area contributed by atoms with Crippen LogP contribution in [0.5, 0.6) is 11.5 Å². The molecule has 3 aromatic carbocycles. The van der Waals surface area contributed by atoms with Crippen LogP contribution >= 0.6 is 0 Å². The predicted molar refractivity (Wildman–Crippen MR) is 197 cm³/mol. The zero-order chi connectivity index (χ0) is 34.5. The van der Waals surface area contributed by atoms with Gasteiger partial charge in [0, 0.05) is 18.0 Å². The summed E-state index contributed by atoms with van der Waals surface area (Å²) in [7, 11) is 1.18. The number of esters is 1. The number of methoxy groups -OCH3 is 2. The Morgan fingerprint density at radius 1 is 0.851 bits per heavy atom. The molecule has 0 bridgehead atoms. The van der Waals surface area contributed by atoms with Crippen LogP contribution in [0.1, 0.15) is 71.9 Å². The van der Waals surface area contributed by atoms with Gasteiger partial charge in [0.2, 0.25) is 5.54 Å². The summed E-state index contributed by atoms with van der Waals surface area (Å²) in [5, 5.41) is 3.63. The quantitative estimate of drug-likeness (QED) is 0.134. The first-order valence-corrected chi connectivity index (χ1v) is 20.0. The number of carbonyl (C=O) groups is 1. The first kappa shape index (κ1) is 36.1. The largest absolute Gasteiger partial charge is 0.497 e. The van der Waals surface area contributed by atoms with Crippen molar-refractivity contribution in [3.8, 4) is 23.0 Å². The van der Waals surface area contributed by atoms with Crippen molar-refractivity contribution >= 4 is 19.7 Å². The molecule has 1 aliphatic carbocycles. The number of hydrogen-bond acceptors (Lipinski definition) is 5. The average molecular weight is 654 g/mol. The van der Waals surface area contributed by atoms with Crippen LogP contribution in [0.4, 0.5) is 5.69 Å². The van der Waals surface area contributed by atoms with Crippen LogP contribution in [-0.2, 0) is 21.4 Å². The van der Waals surface area contributed by atoms with Crippen molar-refractivity contribution in [2.24, 2.45) is 11.8 Å². The first-order valence-electron chi connectivity index (χ1n) is 17.0. The lowest BCUT2D eigenvalue weighted by molar-refractivity contribution is -0.160. The predicted octanol–water partition coefficient (Wildman–Crippen LogP) is 9.47. The maximum Gasteiger partial charge on any atom is 0.345 e. The Hall–Kier alpha value is -3.69. The van der Waals surface area contributed by atoms with Gasteiger partial charge in [0.15, 0.2) is 0 Å². The lowest BCUT2D eigenvalue weighted by Gasteiger charge is -2.45. The van der Waals surface area contributed by atoms with Gasteiger partial charge in [0.1, 0.15) is 25.7 Å². The Labute approximate surface area is 284 Å². The molecule has 0 heterocycles. The van der Waals surface area contributed by atoms with Gasteiger partial charge in [0.25, 0.3) is 0 Å². The van der Waals surface area contributed by atoms with Crippen LogP contribution in [0.3, 0.4) is 0 Å². The molecule has 0 aliphatic heterocycles. The number of carbonyl (C=O) groups excluding carboxylic acids is 1. The minimum Gasteiger partial charge on any atom is -0.497 e. The molecule has 6 heteroatoms. The Morgan fingerprint density at radius 3 is 1.98 bits per heavy atom. The topological polar surface area (TPSA) is 56.8 Å². The van der Waals surface area contributed by atoms with E-state index in [1.165, 1.54) is 5.56 Å². The third kappa shape index (κ3) is 8.62. The minimum absolute atomic E-state index is 0.0134. The van der Waals surface area contributed by atoms with E-state index < -0.39 is 13.6 Å². The minimum atomic E-state index is -2.12. The molecule has 1 saturated carbocycles. The highest BCUT2D eigenvalue weighted by Gasteiger charge is 2.46. The van der Waals surface area contributed by atoms with Crippen molar-refractivity contribution < 1.29 is 19.0 Å². The molecule has 252 valence electrons. The van der Waals surface area contributed by atoms with Gasteiger partial charge in [0.05, 0.1) is 14.2 Å². The third-order valence-electron chi connectivity index (χ3n) is 10.6. The molecule has 0 unspecified atom stereocenters. The second-order valence-electron chi connectivity index (χ2n) is 15.5. The van der Waals surface area contributed by atoms with Crippen molar-refractivity contribution in [2.45, 2.75) is 102 Å². The summed E-state index contributed by atoms with van der Waals surface area (Å²) < 4.78 is 17.7. The zero-order valence-electron chi connectivity index (χ0n) is 30.2. The molecule has 1 N–H and O–H groups in total. The molecule has 1 aliphatic rings. The second-order valence-corrected chi connectivity index (χ2v) is 20.5. The van der Waals surface area contributed by atoms with Crippen LogP contribution in [0.15, 0.2) is 78.9 Å². The van der Waals surface area contributed by atoms with Crippen LogP contribution in [0, 0.1) is 23.3 Å². The smallest absolute Gasteiger partial charge is 0.345 e. The van der Waals surface area contributed by atoms with Crippen molar-refractivity contribution in [2.75, 3.05) is 19.5 Å². The van der Waals surface area contributed by atoms with Gasteiger partial charge >= 0.3 is 5.97 Å². The summed E-state index contributed by atoms with van der Waals surface area (Å²) >= 11 is 0. The van der Waals surface area contributed by atoms with Crippen molar-refractivity contribution in [3.63, 3.8) is 0 Å². The molecule has 0 radical (unpaired) electrons. The highest BCUT2D eigenvalue weighted by Crippen LogP contribution is 2.44. The Balaban J connectivity index is 1.84. The van der Waals surface area contributed by atoms with Gasteiger partial charge in [-0.05, 0) is 76.7 Å². The molecule has 0 aromatic heterocycles. The summed E-state index contributed by atoms with van der Waals surface area (Å²) in [6.07, 6.45) is 3.01. The van der Waals surface area contributed by atoms with Crippen molar-refractivity contribution in [1.29, 1.82) is 0 Å². The Bertz CT molecular complexity index is 1480. The maximum absolute atomic E-state index is 15.0. The fraction of sp³-hybridized carbons (Fsp3) is 0.488. The second kappa shape index (κ2) is 14.6. The van der Waals surface area contributed by atoms with Crippen LogP contribution in [0.2, 0.25) is 18.1 Å². The van der Waals surface area contributed by atoms with Crippen molar-refractivity contribution in [1.82, 2.24) is 0 Å². The van der Waals surface area contributed by atoms with Gasteiger partial charge in [-0.3, -0.25) is 0 Å². The van der Waals surface area contributed by atoms with Crippen LogP contribution < -0.4 is 14.8 Å². The van der Waals surface area contributed by atoms with E-state index in [9.17, 15) is 0 Å². The zero-order valence-corrected chi connectivity index (χ0v) is 31.2. The summed E-state index contributed by atoms with van der Waals surface area (Å²) in [5.74, 6) is 5.38. The standard InChI is InChI=1S/C41H55NO4Si/c1-30-16-25-36(40(5,6)32-14-12-11-13-15-32)37(28-30)46-38(43)41(26-27-47(9,10)39(2,3)4,29-31-17-21-34(44-7)22-18-31)42-33-19-23-35(45-8)24-20-33/h11-15,17-24,30,36-37,42H,16,25,28-29H2,1-10H3/t30-,36-,37-,41+/m1/s1. The molecule has 5 nitrogen and oxygen atoms in total. The summed E-state index contributed by atoms with van der Waals surface area (Å²) in [5.41, 5.74) is 5.19. The van der Waals surface area contributed by atoms with Gasteiger partial charge in [-0.1, -0.05) is 109 Å². The van der Waals surface area contributed by atoms with Gasteiger partial charge in [-0.2, -0.15) is 0 Å². The summed E-state index contributed by atoms with van der Waals surface area (Å²) in [4.78, 5) is 15.0. The molecule has 1 fully saturated rings. The van der Waals surface area contributed by atoms with Gasteiger partial charge in [-0.15, -0.1) is 5.54 Å². The number of hydrogen-bond donors (Lipinski definition) is 1. The fourth-order valence-corrected chi connectivity index (χ4v) is 7.22. The molecule has 47 heavy (non-hydrogen) atoms. The molecule has 3 aromatic rings. The molecule has 0 spiro atoms. The normalized spacial score (nSPS) is 19.8. The van der Waals surface area contributed by atoms with E-state index in [1.807, 2.05) is 48.5 Å². The number of benzene rings is 3. The third-order valence-corrected chi connectivity index (χ3v) is 15.1. The van der Waals surface area contributed by atoms with Gasteiger partial charge < -0.3 is 19.5 Å². The Morgan fingerprint density at radius 2 is 1.43 bits per heavy atom. The number of rotatable bonds is 10. The monoisotopic (exact) mass is 653 g/mol. The van der Waals surface area contributed by atoms with Gasteiger partial charge in [-0.25, -0.2) is 4.79 Å². The van der Waals surface area contributed by atoms with E-state index in [0.717, 1.165) is 42.0 Å². The van der Waals surface area contributed by atoms with E-state index in [4.69, 9.17) is 14.2 Å². The van der Waals surface area contributed by atoms with Crippen LogP contribution in [-0.4, -0.2) is 39.9 Å². The lowest BCUT2D eigenvalue weighted by atomic mass is 9.64. The molecular weight excluding hydrogens is 599 g/mol. The highest BCUT2D eigenvalue weighted by molar-refractivity contribution is 6.87. The fourth-order valence-electron chi connectivity index (χ4n) is 6.32. The molecule has 4 rings (SSSR count). The Kier molecular flexibility index (Phi) is 11.2.